The van der Waals surface area contributed by atoms with Gasteiger partial charge in [-0.2, -0.15) is 0 Å². The first-order valence-corrected chi connectivity index (χ1v) is 6.45. The van der Waals surface area contributed by atoms with Gasteiger partial charge in [0.05, 0.1) is 0 Å². The third-order valence-corrected chi connectivity index (χ3v) is 4.43. The van der Waals surface area contributed by atoms with Gasteiger partial charge in [0.1, 0.15) is 0 Å². The molecule has 4 aromatic rings. The first kappa shape index (κ1) is 9.20. The first-order valence-electron chi connectivity index (χ1n) is 5.63. The minimum atomic E-state index is 1.32. The maximum Gasteiger partial charge on any atom is 0.0433 e. The van der Waals surface area contributed by atoms with Gasteiger partial charge in [-0.05, 0) is 29.0 Å². The standard InChI is InChI=1S/C16H9S/c1-2-6-12-11(5-1)9-10-14-13-7-3-4-8-15(13)17-16(12)14/h1-2,4-10H. The van der Waals surface area contributed by atoms with E-state index in [0.717, 1.165) is 0 Å². The fraction of sp³-hybridized carbons (Fsp3) is 0. The van der Waals surface area contributed by atoms with E-state index in [1.54, 1.807) is 0 Å². The number of fused-ring (bicyclic) bond motifs is 5. The summed E-state index contributed by atoms with van der Waals surface area (Å²) in [4.78, 5) is 0. The average Bonchev–Trinajstić information content (AvgIpc) is 2.78. The highest BCUT2D eigenvalue weighted by Crippen LogP contribution is 2.37. The van der Waals surface area contributed by atoms with Crippen LogP contribution < -0.4 is 0 Å². The molecule has 0 aliphatic carbocycles. The van der Waals surface area contributed by atoms with Crippen LogP contribution >= 0.6 is 11.3 Å². The van der Waals surface area contributed by atoms with Crippen LogP contribution in [-0.2, 0) is 0 Å². The Bertz CT molecular complexity index is 840. The van der Waals surface area contributed by atoms with E-state index in [0.29, 0.717) is 0 Å². The van der Waals surface area contributed by atoms with E-state index < -0.39 is 0 Å². The molecule has 0 spiro atoms. The summed E-state index contributed by atoms with van der Waals surface area (Å²) in [5, 5.41) is 5.33. The molecule has 0 aliphatic rings. The summed E-state index contributed by atoms with van der Waals surface area (Å²) in [6.45, 7) is 0. The van der Waals surface area contributed by atoms with Crippen molar-refractivity contribution < 1.29 is 0 Å². The van der Waals surface area contributed by atoms with Crippen LogP contribution in [-0.4, -0.2) is 0 Å². The van der Waals surface area contributed by atoms with Gasteiger partial charge in [0, 0.05) is 20.2 Å². The Balaban J connectivity index is 2.34. The zero-order valence-electron chi connectivity index (χ0n) is 9.10. The van der Waals surface area contributed by atoms with Gasteiger partial charge in [0.25, 0.3) is 0 Å². The molecule has 0 bridgehead atoms. The quantitative estimate of drug-likeness (QED) is 0.400. The summed E-state index contributed by atoms with van der Waals surface area (Å²) in [6.07, 6.45) is 0. The van der Waals surface area contributed by atoms with E-state index in [1.165, 1.54) is 30.9 Å². The van der Waals surface area contributed by atoms with Crippen LogP contribution in [0.5, 0.6) is 0 Å². The van der Waals surface area contributed by atoms with E-state index in [2.05, 4.69) is 54.6 Å². The van der Waals surface area contributed by atoms with Crippen LogP contribution in [0.15, 0.2) is 54.6 Å². The molecule has 1 radical (unpaired) electrons. The summed E-state index contributed by atoms with van der Waals surface area (Å²) in [5.74, 6) is 0. The minimum absolute atomic E-state index is 1.32. The summed E-state index contributed by atoms with van der Waals surface area (Å²) in [7, 11) is 0. The zero-order chi connectivity index (χ0) is 11.2. The number of thiophene rings is 1. The van der Waals surface area contributed by atoms with Crippen molar-refractivity contribution in [1.29, 1.82) is 0 Å². The van der Waals surface area contributed by atoms with E-state index in [-0.39, 0.29) is 0 Å². The molecular weight excluding hydrogens is 224 g/mol. The molecule has 0 saturated heterocycles. The van der Waals surface area contributed by atoms with Crippen LogP contribution in [0, 0.1) is 6.07 Å². The van der Waals surface area contributed by atoms with Gasteiger partial charge in [0.15, 0.2) is 0 Å². The van der Waals surface area contributed by atoms with Gasteiger partial charge in [-0.3, -0.25) is 0 Å². The number of benzene rings is 3. The van der Waals surface area contributed by atoms with Crippen molar-refractivity contribution in [3.63, 3.8) is 0 Å². The lowest BCUT2D eigenvalue weighted by molar-refractivity contribution is 1.81. The lowest BCUT2D eigenvalue weighted by Crippen LogP contribution is -1.71. The van der Waals surface area contributed by atoms with Crippen LogP contribution in [0.1, 0.15) is 0 Å². The molecule has 0 aliphatic heterocycles. The van der Waals surface area contributed by atoms with Gasteiger partial charge in [0.2, 0.25) is 0 Å². The fourth-order valence-corrected chi connectivity index (χ4v) is 3.61. The smallest absolute Gasteiger partial charge is 0.0433 e. The summed E-state index contributed by atoms with van der Waals surface area (Å²) in [5.41, 5.74) is 0. The Labute approximate surface area is 103 Å². The molecule has 0 saturated carbocycles. The van der Waals surface area contributed by atoms with Crippen molar-refractivity contribution >= 4 is 42.3 Å². The summed E-state index contributed by atoms with van der Waals surface area (Å²) < 4.78 is 2.73. The Morgan fingerprint density at radius 1 is 0.824 bits per heavy atom. The summed E-state index contributed by atoms with van der Waals surface area (Å²) in [6, 6.07) is 22.4. The van der Waals surface area contributed by atoms with Crippen molar-refractivity contribution in [2.75, 3.05) is 0 Å². The van der Waals surface area contributed by atoms with Crippen molar-refractivity contribution in [1.82, 2.24) is 0 Å². The topological polar surface area (TPSA) is 0 Å². The molecule has 0 atom stereocenters. The molecule has 0 fully saturated rings. The molecule has 0 nitrogen and oxygen atoms in total. The Morgan fingerprint density at radius 3 is 2.76 bits per heavy atom. The maximum absolute atomic E-state index is 3.17. The van der Waals surface area contributed by atoms with E-state index in [4.69, 9.17) is 0 Å². The predicted octanol–water partition coefficient (Wildman–Crippen LogP) is 5.01. The highest BCUT2D eigenvalue weighted by atomic mass is 32.1. The van der Waals surface area contributed by atoms with E-state index >= 15 is 0 Å². The first-order chi connectivity index (χ1) is 8.43. The maximum atomic E-state index is 3.17. The zero-order valence-corrected chi connectivity index (χ0v) is 9.92. The molecule has 17 heavy (non-hydrogen) atoms. The third kappa shape index (κ3) is 1.23. The molecule has 3 aromatic carbocycles. The SMILES string of the molecule is [c]1ccc2sc3c4ccccc4ccc3c2c1. The minimum Gasteiger partial charge on any atom is -0.135 e. The Kier molecular flexibility index (Phi) is 1.79. The number of rotatable bonds is 0. The lowest BCUT2D eigenvalue weighted by atomic mass is 10.1. The molecule has 4 rings (SSSR count). The fourth-order valence-electron chi connectivity index (χ4n) is 2.39. The Morgan fingerprint density at radius 2 is 1.76 bits per heavy atom. The van der Waals surface area contributed by atoms with E-state index in [1.807, 2.05) is 17.4 Å². The van der Waals surface area contributed by atoms with E-state index in [9.17, 15) is 0 Å². The number of hydrogen-bond acceptors (Lipinski definition) is 1. The summed E-state index contributed by atoms with van der Waals surface area (Å²) >= 11 is 1.87. The van der Waals surface area contributed by atoms with Crippen molar-refractivity contribution in [2.24, 2.45) is 0 Å². The molecule has 1 aromatic heterocycles. The lowest BCUT2D eigenvalue weighted by Gasteiger charge is -1.98. The largest absolute Gasteiger partial charge is 0.135 e. The highest BCUT2D eigenvalue weighted by Gasteiger charge is 2.06. The average molecular weight is 233 g/mol. The monoisotopic (exact) mass is 233 g/mol. The molecule has 79 valence electrons. The van der Waals surface area contributed by atoms with Crippen LogP contribution in [0.4, 0.5) is 0 Å². The molecular formula is C16H9S. The Hall–Kier alpha value is -1.86. The molecule has 0 amide bonds. The van der Waals surface area contributed by atoms with Gasteiger partial charge in [-0.15, -0.1) is 11.3 Å². The second kappa shape index (κ2) is 3.31. The van der Waals surface area contributed by atoms with Crippen LogP contribution in [0.3, 0.4) is 0 Å². The molecule has 0 unspecified atom stereocenters. The van der Waals surface area contributed by atoms with Gasteiger partial charge < -0.3 is 0 Å². The second-order valence-electron chi connectivity index (χ2n) is 4.19. The normalized spacial score (nSPS) is 11.5. The van der Waals surface area contributed by atoms with Crippen molar-refractivity contribution in [2.45, 2.75) is 0 Å². The van der Waals surface area contributed by atoms with Gasteiger partial charge in [-0.25, -0.2) is 0 Å². The van der Waals surface area contributed by atoms with Gasteiger partial charge in [-0.1, -0.05) is 42.5 Å². The number of hydrogen-bond donors (Lipinski definition) is 0. The van der Waals surface area contributed by atoms with Crippen LogP contribution in [0.25, 0.3) is 30.9 Å². The highest BCUT2D eigenvalue weighted by molar-refractivity contribution is 7.26. The molecule has 1 heterocycles. The third-order valence-electron chi connectivity index (χ3n) is 3.21. The molecule has 0 N–H and O–H groups in total. The van der Waals surface area contributed by atoms with Crippen molar-refractivity contribution in [3.05, 3.63) is 60.7 Å². The van der Waals surface area contributed by atoms with Crippen LogP contribution in [0.2, 0.25) is 0 Å². The predicted molar refractivity (Wildman–Crippen MR) is 75.7 cm³/mol. The van der Waals surface area contributed by atoms with Crippen molar-refractivity contribution in [3.8, 4) is 0 Å². The molecule has 1 heteroatoms. The second-order valence-corrected chi connectivity index (χ2v) is 5.24. The van der Waals surface area contributed by atoms with Gasteiger partial charge >= 0.3 is 0 Å².